The van der Waals surface area contributed by atoms with Gasteiger partial charge in [-0.15, -0.1) is 0 Å². The molecule has 0 saturated carbocycles. The van der Waals surface area contributed by atoms with Crippen LogP contribution in [0.25, 0.3) is 5.69 Å². The lowest BCUT2D eigenvalue weighted by Crippen LogP contribution is -2.46. The van der Waals surface area contributed by atoms with Gasteiger partial charge in [-0.2, -0.15) is 0 Å². The zero-order valence-electron chi connectivity index (χ0n) is 13.2. The van der Waals surface area contributed by atoms with Crippen molar-refractivity contribution in [3.05, 3.63) is 47.0 Å². The van der Waals surface area contributed by atoms with Crippen LogP contribution in [0.15, 0.2) is 36.5 Å². The molecule has 1 atom stereocenters. The smallest absolute Gasteiger partial charge is 0.272 e. The monoisotopic (exact) mass is 331 g/mol. The number of H-pyrrole nitrogens is 1. The summed E-state index contributed by atoms with van der Waals surface area (Å²) in [5.74, 6) is -0.0550. The Morgan fingerprint density at radius 3 is 2.83 bits per heavy atom. The maximum atomic E-state index is 13.0. The van der Waals surface area contributed by atoms with Gasteiger partial charge >= 0.3 is 0 Å². The van der Waals surface area contributed by atoms with Crippen LogP contribution < -0.4 is 0 Å². The maximum absolute atomic E-state index is 13.0. The highest BCUT2D eigenvalue weighted by molar-refractivity contribution is 7.71. The average molecular weight is 331 g/mol. The normalized spacial score (nSPS) is 21.4. The average Bonchev–Trinajstić information content (AvgIpc) is 2.96. The van der Waals surface area contributed by atoms with Gasteiger partial charge in [0.1, 0.15) is 5.69 Å². The summed E-state index contributed by atoms with van der Waals surface area (Å²) in [6.07, 6.45) is 3.51. The summed E-state index contributed by atoms with van der Waals surface area (Å²) in [4.78, 5) is 17.8. The quantitative estimate of drug-likeness (QED) is 0.850. The van der Waals surface area contributed by atoms with Crippen LogP contribution in [-0.2, 0) is 0 Å². The molecule has 2 heterocycles. The third-order valence-corrected chi connectivity index (χ3v) is 4.76. The number of aromatic amines is 1. The first kappa shape index (κ1) is 16.0. The Kier molecular flexibility index (Phi) is 4.37. The summed E-state index contributed by atoms with van der Waals surface area (Å²) in [6.45, 7) is 3.39. The predicted molar refractivity (Wildman–Crippen MR) is 91.3 cm³/mol. The molecule has 0 unspecified atom stereocenters. The van der Waals surface area contributed by atoms with E-state index < -0.39 is 0 Å². The number of piperidine rings is 1. The van der Waals surface area contributed by atoms with E-state index in [1.54, 1.807) is 10.8 Å². The Bertz CT molecular complexity index is 753. The van der Waals surface area contributed by atoms with Gasteiger partial charge in [-0.1, -0.05) is 25.1 Å². The van der Waals surface area contributed by atoms with Crippen molar-refractivity contribution >= 4 is 18.1 Å². The number of carbonyl (C=O) groups is 1. The minimum absolute atomic E-state index is 0.0550. The number of hydrogen-bond donors (Lipinski definition) is 2. The van der Waals surface area contributed by atoms with Crippen molar-refractivity contribution in [3.8, 4) is 5.69 Å². The number of amides is 1. The third kappa shape index (κ3) is 3.09. The van der Waals surface area contributed by atoms with Gasteiger partial charge < -0.3 is 15.0 Å². The van der Waals surface area contributed by atoms with Crippen molar-refractivity contribution < 1.29 is 9.90 Å². The molecule has 5 nitrogen and oxygen atoms in total. The number of para-hydroxylation sites is 1. The minimum Gasteiger partial charge on any atom is -0.396 e. The summed E-state index contributed by atoms with van der Waals surface area (Å²) >= 11 is 5.34. The number of nitrogens with one attached hydrogen (secondary N) is 1. The van der Waals surface area contributed by atoms with Crippen LogP contribution in [0.5, 0.6) is 0 Å². The van der Waals surface area contributed by atoms with E-state index in [1.165, 1.54) is 0 Å². The minimum atomic E-state index is -0.224. The Labute approximate surface area is 140 Å². The molecular formula is C17H21N3O2S. The summed E-state index contributed by atoms with van der Waals surface area (Å²) < 4.78 is 2.27. The van der Waals surface area contributed by atoms with Crippen molar-refractivity contribution in [2.75, 3.05) is 19.7 Å². The lowest BCUT2D eigenvalue weighted by atomic mass is 9.83. The zero-order valence-corrected chi connectivity index (χ0v) is 14.0. The van der Waals surface area contributed by atoms with E-state index in [0.29, 0.717) is 23.6 Å². The largest absolute Gasteiger partial charge is 0.396 e. The van der Waals surface area contributed by atoms with Crippen LogP contribution in [0.3, 0.4) is 0 Å². The molecule has 2 N–H and O–H groups in total. The molecule has 0 aliphatic carbocycles. The van der Waals surface area contributed by atoms with Crippen molar-refractivity contribution in [1.82, 2.24) is 14.5 Å². The SMILES string of the molecule is C[C@]1(CO)CCCN(C(=O)c2c[nH]c(=S)n2-c2ccccc2)C1. The predicted octanol–water partition coefficient (Wildman–Crippen LogP) is 2.77. The standard InChI is InChI=1S/C17H21N3O2S/c1-17(12-21)8-5-9-19(11-17)15(22)14-10-18-16(23)20(14)13-6-3-2-4-7-13/h2-4,6-7,10,21H,5,8-9,11-12H2,1H3,(H,18,23)/t17-/m0/s1. The first-order valence-corrected chi connectivity index (χ1v) is 8.21. The van der Waals surface area contributed by atoms with Gasteiger partial charge in [-0.05, 0) is 37.2 Å². The molecule has 0 bridgehead atoms. The molecule has 1 aliphatic rings. The first-order chi connectivity index (χ1) is 11.0. The Morgan fingerprint density at radius 2 is 2.13 bits per heavy atom. The van der Waals surface area contributed by atoms with Gasteiger partial charge in [0.05, 0.1) is 6.61 Å². The molecule has 6 heteroatoms. The molecule has 1 fully saturated rings. The number of hydrogen-bond acceptors (Lipinski definition) is 3. The van der Waals surface area contributed by atoms with Crippen LogP contribution in [-0.4, -0.2) is 45.2 Å². The second kappa shape index (κ2) is 6.29. The third-order valence-electron chi connectivity index (χ3n) is 4.46. The molecule has 0 radical (unpaired) electrons. The van der Waals surface area contributed by atoms with Crippen LogP contribution in [0.1, 0.15) is 30.3 Å². The highest BCUT2D eigenvalue weighted by Gasteiger charge is 2.33. The first-order valence-electron chi connectivity index (χ1n) is 7.80. The lowest BCUT2D eigenvalue weighted by molar-refractivity contribution is 0.0352. The fourth-order valence-corrected chi connectivity index (χ4v) is 3.40. The molecule has 2 aromatic rings. The van der Waals surface area contributed by atoms with Gasteiger partial charge in [0, 0.05) is 30.4 Å². The van der Waals surface area contributed by atoms with E-state index in [1.807, 2.05) is 42.2 Å². The lowest BCUT2D eigenvalue weighted by Gasteiger charge is -2.39. The highest BCUT2D eigenvalue weighted by Crippen LogP contribution is 2.29. The molecule has 23 heavy (non-hydrogen) atoms. The molecule has 122 valence electrons. The van der Waals surface area contributed by atoms with Crippen LogP contribution >= 0.6 is 12.2 Å². The van der Waals surface area contributed by atoms with Crippen LogP contribution in [0, 0.1) is 10.2 Å². The topological polar surface area (TPSA) is 61.3 Å². The Hall–Kier alpha value is -1.92. The summed E-state index contributed by atoms with van der Waals surface area (Å²) in [5, 5.41) is 9.59. The molecule has 1 saturated heterocycles. The number of benzene rings is 1. The van der Waals surface area contributed by atoms with Gasteiger partial charge in [-0.3, -0.25) is 9.36 Å². The maximum Gasteiger partial charge on any atom is 0.272 e. The number of rotatable bonds is 3. The molecule has 3 rings (SSSR count). The number of carbonyl (C=O) groups excluding carboxylic acids is 1. The summed E-state index contributed by atoms with van der Waals surface area (Å²) in [7, 11) is 0. The summed E-state index contributed by atoms with van der Waals surface area (Å²) in [6, 6.07) is 9.62. The van der Waals surface area contributed by atoms with E-state index in [0.717, 1.165) is 18.5 Å². The van der Waals surface area contributed by atoms with Crippen molar-refractivity contribution in [2.24, 2.45) is 5.41 Å². The highest BCUT2D eigenvalue weighted by atomic mass is 32.1. The number of aliphatic hydroxyl groups excluding tert-OH is 1. The van der Waals surface area contributed by atoms with E-state index in [2.05, 4.69) is 4.98 Å². The van der Waals surface area contributed by atoms with Crippen molar-refractivity contribution in [2.45, 2.75) is 19.8 Å². The number of aromatic nitrogens is 2. The van der Waals surface area contributed by atoms with E-state index in [-0.39, 0.29) is 17.9 Å². The fourth-order valence-electron chi connectivity index (χ4n) is 3.14. The van der Waals surface area contributed by atoms with Crippen molar-refractivity contribution in [3.63, 3.8) is 0 Å². The van der Waals surface area contributed by atoms with Gasteiger partial charge in [-0.25, -0.2) is 0 Å². The number of imidazole rings is 1. The second-order valence-corrected chi connectivity index (χ2v) is 6.84. The van der Waals surface area contributed by atoms with Crippen LogP contribution in [0.4, 0.5) is 0 Å². The van der Waals surface area contributed by atoms with Gasteiger partial charge in [0.15, 0.2) is 4.77 Å². The van der Waals surface area contributed by atoms with E-state index >= 15 is 0 Å². The molecular weight excluding hydrogens is 310 g/mol. The number of likely N-dealkylation sites (tertiary alicyclic amines) is 1. The molecule has 1 aromatic carbocycles. The van der Waals surface area contributed by atoms with E-state index in [9.17, 15) is 9.90 Å². The molecule has 1 aliphatic heterocycles. The fraction of sp³-hybridized carbons (Fsp3) is 0.412. The molecule has 1 amide bonds. The Morgan fingerprint density at radius 1 is 1.39 bits per heavy atom. The zero-order chi connectivity index (χ0) is 16.4. The summed E-state index contributed by atoms with van der Waals surface area (Å²) in [5.41, 5.74) is 1.17. The van der Waals surface area contributed by atoms with Gasteiger partial charge in [0.2, 0.25) is 0 Å². The molecule has 1 aromatic heterocycles. The molecule has 0 spiro atoms. The van der Waals surface area contributed by atoms with Crippen LogP contribution in [0.2, 0.25) is 0 Å². The van der Waals surface area contributed by atoms with Crippen molar-refractivity contribution in [1.29, 1.82) is 0 Å². The van der Waals surface area contributed by atoms with E-state index in [4.69, 9.17) is 12.2 Å². The number of aliphatic hydroxyl groups is 1. The number of nitrogens with zero attached hydrogens (tertiary/aromatic N) is 2. The van der Waals surface area contributed by atoms with Gasteiger partial charge in [0.25, 0.3) is 5.91 Å². The second-order valence-electron chi connectivity index (χ2n) is 6.45. The Balaban J connectivity index is 1.94.